The fraction of sp³-hybridized carbons (Fsp3) is 0.933. The Balaban J connectivity index is 4.58. The van der Waals surface area contributed by atoms with E-state index in [2.05, 4.69) is 17.7 Å². The fourth-order valence-corrected chi connectivity index (χ4v) is 3.75. The van der Waals surface area contributed by atoms with Crippen molar-refractivity contribution in [2.45, 2.75) is 82.8 Å². The molecule has 0 amide bonds. The van der Waals surface area contributed by atoms with Crippen LogP contribution in [0.2, 0.25) is 0 Å². The molecular weight excluding hydrogens is 272 g/mol. The lowest BCUT2D eigenvalue weighted by Gasteiger charge is -2.25. The van der Waals surface area contributed by atoms with Gasteiger partial charge in [0.05, 0.1) is 6.07 Å². The van der Waals surface area contributed by atoms with E-state index in [1.165, 1.54) is 26.3 Å². The van der Waals surface area contributed by atoms with Gasteiger partial charge in [-0.2, -0.15) is 5.26 Å². The van der Waals surface area contributed by atoms with Crippen LogP contribution in [0, 0.1) is 11.3 Å². The van der Waals surface area contributed by atoms with Gasteiger partial charge >= 0.3 is 0 Å². The third-order valence-corrected chi connectivity index (χ3v) is 5.92. The molecule has 1 unspecified atom stereocenters. The summed E-state index contributed by atoms with van der Waals surface area (Å²) in [7, 11) is -2.16. The molecule has 0 aromatic rings. The highest BCUT2D eigenvalue weighted by molar-refractivity contribution is 7.91. The maximum atomic E-state index is 12.2. The van der Waals surface area contributed by atoms with E-state index in [1.807, 2.05) is 6.92 Å². The number of hydrogen-bond acceptors (Lipinski definition) is 3. The molecule has 0 spiro atoms. The minimum atomic E-state index is -3.55. The molecule has 0 aromatic carbocycles. The van der Waals surface area contributed by atoms with Crippen LogP contribution in [0.3, 0.4) is 0 Å². The predicted molar refractivity (Wildman–Crippen MR) is 83.8 cm³/mol. The number of nitrogens with zero attached hydrogens (tertiary/aromatic N) is 1. The van der Waals surface area contributed by atoms with Crippen LogP contribution in [0.25, 0.3) is 0 Å². The minimum Gasteiger partial charge on any atom is -0.217 e. The molecule has 5 heteroatoms. The van der Waals surface area contributed by atoms with Gasteiger partial charge in [0.25, 0.3) is 0 Å². The lowest BCUT2D eigenvalue weighted by molar-refractivity contribution is 0.473. The van der Waals surface area contributed by atoms with Crippen LogP contribution in [0.4, 0.5) is 0 Å². The van der Waals surface area contributed by atoms with Crippen molar-refractivity contribution in [1.29, 1.82) is 5.26 Å². The second-order valence-corrected chi connectivity index (χ2v) is 7.63. The zero-order chi connectivity index (χ0) is 15.5. The Morgan fingerprint density at radius 2 is 1.45 bits per heavy atom. The molecule has 0 rings (SSSR count). The SMILES string of the molecule is CCCCCCCCC(C#N)(CCCC)S(=O)(=O)NC. The van der Waals surface area contributed by atoms with Gasteiger partial charge in [-0.15, -0.1) is 0 Å². The van der Waals surface area contributed by atoms with Crippen LogP contribution in [0.5, 0.6) is 0 Å². The third-order valence-electron chi connectivity index (χ3n) is 3.86. The van der Waals surface area contributed by atoms with E-state index in [0.717, 1.165) is 32.1 Å². The maximum absolute atomic E-state index is 12.2. The number of sulfonamides is 1. The van der Waals surface area contributed by atoms with Gasteiger partial charge in [-0.25, -0.2) is 13.1 Å². The first kappa shape index (κ1) is 19.4. The Morgan fingerprint density at radius 1 is 0.950 bits per heavy atom. The predicted octanol–water partition coefficient (Wildman–Crippen LogP) is 3.74. The average Bonchev–Trinajstić information content (AvgIpc) is 2.45. The number of nitriles is 1. The normalized spacial score (nSPS) is 14.7. The Morgan fingerprint density at radius 3 is 1.95 bits per heavy atom. The molecule has 0 saturated carbocycles. The first-order valence-corrected chi connectivity index (χ1v) is 9.32. The first-order valence-electron chi connectivity index (χ1n) is 7.84. The van der Waals surface area contributed by atoms with Crippen LogP contribution in [0.1, 0.15) is 78.1 Å². The molecule has 0 heterocycles. The van der Waals surface area contributed by atoms with Gasteiger partial charge in [0.1, 0.15) is 0 Å². The lowest BCUT2D eigenvalue weighted by Crippen LogP contribution is -2.44. The van der Waals surface area contributed by atoms with Gasteiger partial charge in [-0.05, 0) is 19.9 Å². The quantitative estimate of drug-likeness (QED) is 0.558. The van der Waals surface area contributed by atoms with Gasteiger partial charge in [-0.3, -0.25) is 0 Å². The van der Waals surface area contributed by atoms with Crippen LogP contribution in [-0.2, 0) is 10.0 Å². The van der Waals surface area contributed by atoms with Crippen molar-refractivity contribution >= 4 is 10.0 Å². The molecule has 0 aliphatic rings. The zero-order valence-electron chi connectivity index (χ0n) is 13.2. The molecule has 0 radical (unpaired) electrons. The molecular formula is C15H30N2O2S. The summed E-state index contributed by atoms with van der Waals surface area (Å²) in [6.45, 7) is 4.18. The van der Waals surface area contributed by atoms with Gasteiger partial charge < -0.3 is 0 Å². The molecule has 0 saturated heterocycles. The number of unbranched alkanes of at least 4 members (excludes halogenated alkanes) is 6. The summed E-state index contributed by atoms with van der Waals surface area (Å²) in [6, 6.07) is 2.09. The summed E-state index contributed by atoms with van der Waals surface area (Å²) in [5.74, 6) is 0. The van der Waals surface area contributed by atoms with Crippen molar-refractivity contribution in [1.82, 2.24) is 4.72 Å². The van der Waals surface area contributed by atoms with E-state index in [9.17, 15) is 13.7 Å². The molecule has 0 aliphatic heterocycles. The van der Waals surface area contributed by atoms with Gasteiger partial charge in [-0.1, -0.05) is 65.2 Å². The van der Waals surface area contributed by atoms with E-state index in [0.29, 0.717) is 12.8 Å². The molecule has 1 N–H and O–H groups in total. The number of hydrogen-bond donors (Lipinski definition) is 1. The molecule has 118 valence electrons. The van der Waals surface area contributed by atoms with Crippen LogP contribution in [-0.4, -0.2) is 20.2 Å². The Kier molecular flexibility index (Phi) is 9.87. The summed E-state index contributed by atoms with van der Waals surface area (Å²) in [5, 5.41) is 9.44. The van der Waals surface area contributed by atoms with Crippen molar-refractivity contribution in [3.05, 3.63) is 0 Å². The van der Waals surface area contributed by atoms with Crippen LogP contribution < -0.4 is 4.72 Å². The van der Waals surface area contributed by atoms with E-state index in [4.69, 9.17) is 0 Å². The van der Waals surface area contributed by atoms with Crippen molar-refractivity contribution in [3.8, 4) is 6.07 Å². The van der Waals surface area contributed by atoms with Crippen molar-refractivity contribution < 1.29 is 8.42 Å². The smallest absolute Gasteiger partial charge is 0.217 e. The summed E-state index contributed by atoms with van der Waals surface area (Å²) >= 11 is 0. The second-order valence-electron chi connectivity index (χ2n) is 5.43. The second kappa shape index (κ2) is 10.2. The number of rotatable bonds is 12. The van der Waals surface area contributed by atoms with Crippen molar-refractivity contribution in [2.24, 2.45) is 0 Å². The Labute approximate surface area is 125 Å². The third kappa shape index (κ3) is 5.80. The standard InChI is InChI=1S/C15H30N2O2S/c1-4-6-8-9-10-11-13-15(14-16,12-7-5-2)20(18,19)17-3/h17H,4-13H2,1-3H3. The van der Waals surface area contributed by atoms with E-state index in [-0.39, 0.29) is 0 Å². The highest BCUT2D eigenvalue weighted by Gasteiger charge is 2.42. The monoisotopic (exact) mass is 302 g/mol. The average molecular weight is 302 g/mol. The van der Waals surface area contributed by atoms with Gasteiger partial charge in [0, 0.05) is 0 Å². The highest BCUT2D eigenvalue weighted by Crippen LogP contribution is 2.29. The summed E-state index contributed by atoms with van der Waals surface area (Å²) in [6.07, 6.45) is 9.12. The van der Waals surface area contributed by atoms with Crippen molar-refractivity contribution in [2.75, 3.05) is 7.05 Å². The molecule has 0 aliphatic carbocycles. The van der Waals surface area contributed by atoms with E-state index in [1.54, 1.807) is 0 Å². The summed E-state index contributed by atoms with van der Waals surface area (Å²) in [5.41, 5.74) is 0. The lowest BCUT2D eigenvalue weighted by atomic mass is 9.95. The molecule has 20 heavy (non-hydrogen) atoms. The van der Waals surface area contributed by atoms with E-state index < -0.39 is 14.8 Å². The molecule has 0 bridgehead atoms. The molecule has 1 atom stereocenters. The number of nitrogens with one attached hydrogen (secondary N) is 1. The topological polar surface area (TPSA) is 70.0 Å². The maximum Gasteiger partial charge on any atom is 0.230 e. The minimum absolute atomic E-state index is 0.429. The van der Waals surface area contributed by atoms with Gasteiger partial charge in [0.2, 0.25) is 10.0 Å². The Bertz CT molecular complexity index is 387. The Hall–Kier alpha value is -0.600. The molecule has 4 nitrogen and oxygen atoms in total. The fourth-order valence-electron chi connectivity index (χ4n) is 2.41. The highest BCUT2D eigenvalue weighted by atomic mass is 32.2. The van der Waals surface area contributed by atoms with Crippen molar-refractivity contribution in [3.63, 3.8) is 0 Å². The first-order chi connectivity index (χ1) is 9.49. The summed E-state index contributed by atoms with van der Waals surface area (Å²) < 4.78 is 25.5. The zero-order valence-corrected chi connectivity index (χ0v) is 14.1. The molecule has 0 fully saturated rings. The van der Waals surface area contributed by atoms with Crippen LogP contribution >= 0.6 is 0 Å². The van der Waals surface area contributed by atoms with E-state index >= 15 is 0 Å². The van der Waals surface area contributed by atoms with Crippen LogP contribution in [0.15, 0.2) is 0 Å². The van der Waals surface area contributed by atoms with Gasteiger partial charge in [0.15, 0.2) is 4.75 Å². The largest absolute Gasteiger partial charge is 0.230 e. The molecule has 0 aromatic heterocycles. The summed E-state index contributed by atoms with van der Waals surface area (Å²) in [4.78, 5) is 0.